The van der Waals surface area contributed by atoms with Crippen LogP contribution in [-0.2, 0) is 28.7 Å². The Bertz CT molecular complexity index is 1700. The quantitative estimate of drug-likeness (QED) is 0.107. The van der Waals surface area contributed by atoms with Crippen molar-refractivity contribution in [3.8, 4) is 11.5 Å². The first-order chi connectivity index (χ1) is 22.6. The van der Waals surface area contributed by atoms with Crippen molar-refractivity contribution in [3.05, 3.63) is 129 Å². The summed E-state index contributed by atoms with van der Waals surface area (Å²) in [5.41, 5.74) is 5.94. The lowest BCUT2D eigenvalue weighted by atomic mass is 9.82. The second kappa shape index (κ2) is 15.0. The molecule has 0 radical (unpaired) electrons. The van der Waals surface area contributed by atoms with Crippen molar-refractivity contribution in [3.63, 3.8) is 0 Å². The lowest BCUT2D eigenvalue weighted by molar-refractivity contribution is -0.137. The first-order valence-electron chi connectivity index (χ1n) is 14.8. The van der Waals surface area contributed by atoms with Crippen molar-refractivity contribution in [2.45, 2.75) is 37.2 Å². The van der Waals surface area contributed by atoms with E-state index in [1.807, 2.05) is 30.3 Å². The number of hydrazine groups is 1. The molecule has 4 aromatic rings. The van der Waals surface area contributed by atoms with Crippen molar-refractivity contribution in [1.29, 1.82) is 0 Å². The summed E-state index contributed by atoms with van der Waals surface area (Å²) >= 11 is 3.61. The molecule has 0 spiro atoms. The molecule has 4 aromatic carbocycles. The number of aliphatic imine (C=N–C) groups is 1. The zero-order valence-electron chi connectivity index (χ0n) is 25.4. The second-order valence-electron chi connectivity index (χ2n) is 10.8. The Morgan fingerprint density at radius 1 is 1.00 bits per heavy atom. The number of ether oxygens (including phenoxy) is 3. The van der Waals surface area contributed by atoms with E-state index in [0.717, 1.165) is 22.2 Å². The molecule has 47 heavy (non-hydrogen) atoms. The Morgan fingerprint density at radius 2 is 1.74 bits per heavy atom. The largest absolute Gasteiger partial charge is 0.497 e. The number of amides is 1. The molecule has 12 heteroatoms. The van der Waals surface area contributed by atoms with Gasteiger partial charge >= 0.3 is 6.18 Å². The van der Waals surface area contributed by atoms with Gasteiger partial charge in [0.1, 0.15) is 11.5 Å². The molecule has 0 aromatic heterocycles. The van der Waals surface area contributed by atoms with Crippen LogP contribution in [0.4, 0.5) is 13.2 Å². The third-order valence-corrected chi connectivity index (χ3v) is 8.39. The highest BCUT2D eigenvalue weighted by molar-refractivity contribution is 9.10. The fourth-order valence-corrected chi connectivity index (χ4v) is 5.59. The van der Waals surface area contributed by atoms with Crippen LogP contribution in [0, 0.1) is 0 Å². The lowest BCUT2D eigenvalue weighted by Crippen LogP contribution is -2.53. The first-order valence-corrected chi connectivity index (χ1v) is 15.6. The molecule has 0 saturated carbocycles. The zero-order valence-corrected chi connectivity index (χ0v) is 27.0. The number of hydrogen-bond acceptors (Lipinski definition) is 7. The SMILES string of the molecule is COc1cccc([C@@H]2OC(c3ccc(OCCCO)cc3)=N[C@]2(Cc2ccccc2Br)C(=O)NNCc2ccc(C(F)(F)F)cc2)c1. The molecule has 3 N–H and O–H groups in total. The molecular weight excluding hydrogens is 679 g/mol. The molecule has 8 nitrogen and oxygen atoms in total. The minimum absolute atomic E-state index is 0.0231. The molecule has 0 unspecified atom stereocenters. The summed E-state index contributed by atoms with van der Waals surface area (Å²) in [7, 11) is 1.55. The maximum absolute atomic E-state index is 14.4. The van der Waals surface area contributed by atoms with E-state index in [9.17, 15) is 18.0 Å². The van der Waals surface area contributed by atoms with Crippen LogP contribution in [0.2, 0.25) is 0 Å². The molecule has 5 rings (SSSR count). The predicted molar refractivity (Wildman–Crippen MR) is 174 cm³/mol. The highest BCUT2D eigenvalue weighted by Gasteiger charge is 2.53. The van der Waals surface area contributed by atoms with Crippen molar-refractivity contribution in [1.82, 2.24) is 10.9 Å². The number of aliphatic hydroxyl groups is 1. The molecule has 0 fully saturated rings. The number of carbonyl (C=O) groups excluding carboxylic acids is 1. The number of benzene rings is 4. The van der Waals surface area contributed by atoms with Crippen molar-refractivity contribution >= 4 is 27.7 Å². The fraction of sp³-hybridized carbons (Fsp3) is 0.257. The number of nitrogens with zero attached hydrogens (tertiary/aromatic N) is 1. The number of carbonyl (C=O) groups is 1. The second-order valence-corrected chi connectivity index (χ2v) is 11.7. The van der Waals surface area contributed by atoms with Crippen LogP contribution < -0.4 is 20.3 Å². The standard InChI is InChI=1S/C35H33BrF3N3O5/c1-45-29-8-4-7-25(20-29)31-34(21-26-6-2-3-9-30(26)36,33(44)42-40-22-23-10-14-27(15-11-23)35(37,38)39)41-32(47-31)24-12-16-28(17-13-24)46-19-5-18-43/h2-4,6-17,20,31,40,43H,5,18-19,21-22H2,1H3,(H,42,44)/t31-,34-/m0/s1. The van der Waals surface area contributed by atoms with Crippen LogP contribution in [0.5, 0.6) is 11.5 Å². The Morgan fingerprint density at radius 3 is 2.43 bits per heavy atom. The number of halogens is 4. The summed E-state index contributed by atoms with van der Waals surface area (Å²) in [5, 5.41) is 9.05. The van der Waals surface area contributed by atoms with E-state index in [4.69, 9.17) is 24.3 Å². The molecule has 0 saturated heterocycles. The van der Waals surface area contributed by atoms with E-state index in [0.29, 0.717) is 41.2 Å². The summed E-state index contributed by atoms with van der Waals surface area (Å²) in [6, 6.07) is 26.5. The van der Waals surface area contributed by atoms with Gasteiger partial charge in [-0.15, -0.1) is 0 Å². The van der Waals surface area contributed by atoms with Gasteiger partial charge in [0, 0.05) is 36.0 Å². The Balaban J connectivity index is 1.50. The molecule has 1 amide bonds. The molecule has 1 aliphatic rings. The molecule has 1 aliphatic heterocycles. The molecule has 0 aliphatic carbocycles. The predicted octanol–water partition coefficient (Wildman–Crippen LogP) is 6.56. The summed E-state index contributed by atoms with van der Waals surface area (Å²) < 4.78 is 57.6. The normalized spacial score (nSPS) is 17.5. The van der Waals surface area contributed by atoms with Gasteiger partial charge in [0.25, 0.3) is 5.91 Å². The van der Waals surface area contributed by atoms with E-state index < -0.39 is 29.3 Å². The Labute approximate surface area is 278 Å². The maximum atomic E-state index is 14.4. The molecular formula is C35H33BrF3N3O5. The first kappa shape index (κ1) is 34.0. The van der Waals surface area contributed by atoms with E-state index in [-0.39, 0.29) is 25.5 Å². The maximum Gasteiger partial charge on any atom is 0.416 e. The van der Waals surface area contributed by atoms with Gasteiger partial charge in [0.2, 0.25) is 5.90 Å². The third kappa shape index (κ3) is 8.13. The minimum atomic E-state index is -4.45. The third-order valence-electron chi connectivity index (χ3n) is 7.62. The van der Waals surface area contributed by atoms with E-state index in [1.54, 1.807) is 49.6 Å². The lowest BCUT2D eigenvalue weighted by Gasteiger charge is -2.31. The van der Waals surface area contributed by atoms with Crippen LogP contribution in [0.15, 0.2) is 107 Å². The number of hydrogen-bond donors (Lipinski definition) is 3. The van der Waals surface area contributed by atoms with Gasteiger partial charge in [-0.3, -0.25) is 10.2 Å². The van der Waals surface area contributed by atoms with Crippen LogP contribution in [0.25, 0.3) is 0 Å². The monoisotopic (exact) mass is 711 g/mol. The molecule has 246 valence electrons. The average molecular weight is 713 g/mol. The van der Waals surface area contributed by atoms with Crippen LogP contribution >= 0.6 is 15.9 Å². The van der Waals surface area contributed by atoms with Gasteiger partial charge in [-0.2, -0.15) is 13.2 Å². The number of alkyl halides is 3. The molecule has 2 atom stereocenters. The van der Waals surface area contributed by atoms with Gasteiger partial charge in [-0.25, -0.2) is 10.4 Å². The summed E-state index contributed by atoms with van der Waals surface area (Å²) in [6.07, 6.45) is -4.71. The fourth-order valence-electron chi connectivity index (χ4n) is 5.17. The summed E-state index contributed by atoms with van der Waals surface area (Å²) in [4.78, 5) is 19.4. The number of aliphatic hydroxyl groups excluding tert-OH is 1. The zero-order chi connectivity index (χ0) is 33.4. The van der Waals surface area contributed by atoms with Crippen LogP contribution in [0.3, 0.4) is 0 Å². The topological polar surface area (TPSA) is 101 Å². The number of rotatable bonds is 13. The summed E-state index contributed by atoms with van der Waals surface area (Å²) in [6.45, 7) is 0.448. The van der Waals surface area contributed by atoms with Gasteiger partial charge < -0.3 is 19.3 Å². The smallest absolute Gasteiger partial charge is 0.416 e. The van der Waals surface area contributed by atoms with E-state index >= 15 is 0 Å². The van der Waals surface area contributed by atoms with Gasteiger partial charge in [-0.1, -0.05) is 58.4 Å². The van der Waals surface area contributed by atoms with Gasteiger partial charge in [-0.05, 0) is 71.3 Å². The highest BCUT2D eigenvalue weighted by Crippen LogP contribution is 2.44. The van der Waals surface area contributed by atoms with Crippen LogP contribution in [0.1, 0.15) is 40.3 Å². The van der Waals surface area contributed by atoms with E-state index in [2.05, 4.69) is 26.8 Å². The van der Waals surface area contributed by atoms with Crippen molar-refractivity contribution < 1.29 is 37.3 Å². The Hall–Kier alpha value is -4.39. The number of methoxy groups -OCH3 is 1. The number of nitrogens with one attached hydrogen (secondary N) is 2. The Kier molecular flexibility index (Phi) is 10.8. The van der Waals surface area contributed by atoms with Crippen molar-refractivity contribution in [2.24, 2.45) is 4.99 Å². The van der Waals surface area contributed by atoms with Gasteiger partial charge in [0.15, 0.2) is 11.6 Å². The average Bonchev–Trinajstić information content (AvgIpc) is 3.46. The van der Waals surface area contributed by atoms with E-state index in [1.165, 1.54) is 12.1 Å². The molecule has 0 bridgehead atoms. The van der Waals surface area contributed by atoms with Gasteiger partial charge in [0.05, 0.1) is 19.3 Å². The van der Waals surface area contributed by atoms with Crippen LogP contribution in [-0.4, -0.2) is 42.8 Å². The van der Waals surface area contributed by atoms with Crippen molar-refractivity contribution in [2.75, 3.05) is 20.3 Å². The molecule has 1 heterocycles. The highest BCUT2D eigenvalue weighted by atomic mass is 79.9. The summed E-state index contributed by atoms with van der Waals surface area (Å²) in [5.74, 6) is 0.908. The minimum Gasteiger partial charge on any atom is -0.497 e.